The minimum absolute atomic E-state index is 0.204. The first-order valence-electron chi connectivity index (χ1n) is 8.16. The molecule has 2 rings (SSSR count). The zero-order valence-electron chi connectivity index (χ0n) is 14.5. The second-order valence-electron chi connectivity index (χ2n) is 5.85. The molecule has 2 amide bonds. The highest BCUT2D eigenvalue weighted by Gasteiger charge is 2.39. The average Bonchev–Trinajstić information content (AvgIpc) is 2.62. The lowest BCUT2D eigenvalue weighted by Gasteiger charge is -2.34. The Morgan fingerprint density at radius 2 is 2.00 bits per heavy atom. The molecule has 0 saturated carbocycles. The SMILES string of the molecule is COCCNC(=O)c1ccc(NC(=O)C2(OC)CCNCC2)cc1Cl. The maximum Gasteiger partial charge on any atom is 0.256 e. The molecule has 25 heavy (non-hydrogen) atoms. The minimum atomic E-state index is -0.839. The van der Waals surface area contributed by atoms with Gasteiger partial charge in [-0.3, -0.25) is 9.59 Å². The van der Waals surface area contributed by atoms with E-state index in [0.29, 0.717) is 37.2 Å². The van der Waals surface area contributed by atoms with Gasteiger partial charge in [0, 0.05) is 26.5 Å². The fraction of sp³-hybridized carbons (Fsp3) is 0.529. The van der Waals surface area contributed by atoms with Crippen LogP contribution in [0.15, 0.2) is 18.2 Å². The predicted octanol–water partition coefficient (Wildman–Crippen LogP) is 1.42. The minimum Gasteiger partial charge on any atom is -0.383 e. The number of piperidine rings is 1. The predicted molar refractivity (Wildman–Crippen MR) is 96.1 cm³/mol. The summed E-state index contributed by atoms with van der Waals surface area (Å²) in [6.45, 7) is 2.27. The quantitative estimate of drug-likeness (QED) is 0.633. The number of ether oxygens (including phenoxy) is 2. The maximum atomic E-state index is 12.6. The van der Waals surface area contributed by atoms with E-state index < -0.39 is 5.60 Å². The topological polar surface area (TPSA) is 88.7 Å². The van der Waals surface area contributed by atoms with Crippen molar-refractivity contribution in [1.82, 2.24) is 10.6 Å². The first-order chi connectivity index (χ1) is 12.0. The van der Waals surface area contributed by atoms with E-state index in [2.05, 4.69) is 16.0 Å². The van der Waals surface area contributed by atoms with Gasteiger partial charge in [0.1, 0.15) is 5.60 Å². The summed E-state index contributed by atoms with van der Waals surface area (Å²) < 4.78 is 10.4. The van der Waals surface area contributed by atoms with E-state index in [9.17, 15) is 9.59 Å². The third kappa shape index (κ3) is 4.92. The molecule has 0 radical (unpaired) electrons. The molecule has 1 saturated heterocycles. The Morgan fingerprint density at radius 3 is 2.60 bits per heavy atom. The van der Waals surface area contributed by atoms with Crippen molar-refractivity contribution in [1.29, 1.82) is 0 Å². The molecule has 0 aliphatic carbocycles. The normalized spacial score (nSPS) is 16.3. The second-order valence-corrected chi connectivity index (χ2v) is 6.25. The molecule has 7 nitrogen and oxygen atoms in total. The number of rotatable bonds is 7. The first-order valence-corrected chi connectivity index (χ1v) is 8.54. The van der Waals surface area contributed by atoms with Crippen LogP contribution in [0.3, 0.4) is 0 Å². The van der Waals surface area contributed by atoms with Crippen LogP contribution in [0.2, 0.25) is 5.02 Å². The zero-order chi connectivity index (χ0) is 18.3. The van der Waals surface area contributed by atoms with Gasteiger partial charge < -0.3 is 25.4 Å². The van der Waals surface area contributed by atoms with Crippen LogP contribution in [-0.2, 0) is 14.3 Å². The van der Waals surface area contributed by atoms with Crippen molar-refractivity contribution in [2.75, 3.05) is 45.8 Å². The van der Waals surface area contributed by atoms with Crippen LogP contribution < -0.4 is 16.0 Å². The first kappa shape index (κ1) is 19.7. The van der Waals surface area contributed by atoms with Crippen molar-refractivity contribution in [2.24, 2.45) is 0 Å². The molecule has 0 bridgehead atoms. The molecule has 1 heterocycles. The Morgan fingerprint density at radius 1 is 1.28 bits per heavy atom. The lowest BCUT2D eigenvalue weighted by atomic mass is 9.91. The zero-order valence-corrected chi connectivity index (χ0v) is 15.2. The number of carbonyl (C=O) groups excluding carboxylic acids is 2. The fourth-order valence-electron chi connectivity index (χ4n) is 2.74. The molecule has 3 N–H and O–H groups in total. The number of halogens is 1. The summed E-state index contributed by atoms with van der Waals surface area (Å²) >= 11 is 6.19. The molecule has 1 aromatic carbocycles. The summed E-state index contributed by atoms with van der Waals surface area (Å²) in [7, 11) is 3.11. The molecule has 0 spiro atoms. The van der Waals surface area contributed by atoms with E-state index >= 15 is 0 Å². The Labute approximate surface area is 152 Å². The number of benzene rings is 1. The largest absolute Gasteiger partial charge is 0.383 e. The van der Waals surface area contributed by atoms with Gasteiger partial charge in [0.25, 0.3) is 11.8 Å². The molecule has 1 aliphatic heterocycles. The third-order valence-corrected chi connectivity index (χ3v) is 4.59. The standard InChI is InChI=1S/C17H24ClN3O4/c1-24-10-9-20-15(22)13-4-3-12(11-14(13)18)21-16(23)17(25-2)5-7-19-8-6-17/h3-4,11,19H,5-10H2,1-2H3,(H,20,22)(H,21,23). The summed E-state index contributed by atoms with van der Waals surface area (Å²) in [5.74, 6) is -0.489. The van der Waals surface area contributed by atoms with Crippen LogP contribution in [0.4, 0.5) is 5.69 Å². The molecule has 0 unspecified atom stereocenters. The van der Waals surface area contributed by atoms with Crippen LogP contribution in [-0.4, -0.2) is 57.9 Å². The van der Waals surface area contributed by atoms with E-state index in [1.807, 2.05) is 0 Å². The fourth-order valence-corrected chi connectivity index (χ4v) is 3.00. The molecule has 0 atom stereocenters. The molecule has 1 aromatic rings. The smallest absolute Gasteiger partial charge is 0.256 e. The molecule has 0 aromatic heterocycles. The molecule has 1 fully saturated rings. The number of hydrogen-bond acceptors (Lipinski definition) is 5. The highest BCUT2D eigenvalue weighted by atomic mass is 35.5. The molecular formula is C17H24ClN3O4. The Kier molecular flexibility index (Phi) is 7.19. The third-order valence-electron chi connectivity index (χ3n) is 4.28. The molecule has 138 valence electrons. The number of anilines is 1. The molecule has 1 aliphatic rings. The maximum absolute atomic E-state index is 12.6. The van der Waals surface area contributed by atoms with E-state index in [0.717, 1.165) is 13.1 Å². The number of nitrogens with one attached hydrogen (secondary N) is 3. The van der Waals surface area contributed by atoms with Crippen molar-refractivity contribution in [3.63, 3.8) is 0 Å². The van der Waals surface area contributed by atoms with Crippen LogP contribution in [0, 0.1) is 0 Å². The summed E-state index contributed by atoms with van der Waals surface area (Å²) in [4.78, 5) is 24.7. The second kappa shape index (κ2) is 9.15. The lowest BCUT2D eigenvalue weighted by molar-refractivity contribution is -0.140. The van der Waals surface area contributed by atoms with Crippen molar-refractivity contribution >= 4 is 29.1 Å². The summed E-state index contributed by atoms with van der Waals surface area (Å²) in [5, 5.41) is 9.02. The highest BCUT2D eigenvalue weighted by molar-refractivity contribution is 6.34. The van der Waals surface area contributed by atoms with E-state index in [-0.39, 0.29) is 16.8 Å². The van der Waals surface area contributed by atoms with E-state index in [1.165, 1.54) is 0 Å². The van der Waals surface area contributed by atoms with Crippen molar-refractivity contribution < 1.29 is 19.1 Å². The van der Waals surface area contributed by atoms with Crippen LogP contribution in [0.1, 0.15) is 23.2 Å². The van der Waals surface area contributed by atoms with Crippen LogP contribution in [0.25, 0.3) is 0 Å². The number of hydrogen-bond donors (Lipinski definition) is 3. The average molecular weight is 370 g/mol. The van der Waals surface area contributed by atoms with Crippen molar-refractivity contribution in [2.45, 2.75) is 18.4 Å². The van der Waals surface area contributed by atoms with Gasteiger partial charge in [-0.05, 0) is 44.1 Å². The van der Waals surface area contributed by atoms with Crippen molar-refractivity contribution in [3.8, 4) is 0 Å². The summed E-state index contributed by atoms with van der Waals surface area (Å²) in [6, 6.07) is 4.80. The monoisotopic (exact) mass is 369 g/mol. The molecular weight excluding hydrogens is 346 g/mol. The number of carbonyl (C=O) groups is 2. The Hall–Kier alpha value is -1.67. The number of methoxy groups -OCH3 is 2. The van der Waals surface area contributed by atoms with Gasteiger partial charge in [0.15, 0.2) is 0 Å². The Bertz CT molecular complexity index is 618. The van der Waals surface area contributed by atoms with Gasteiger partial charge >= 0.3 is 0 Å². The van der Waals surface area contributed by atoms with E-state index in [4.69, 9.17) is 21.1 Å². The number of amides is 2. The van der Waals surface area contributed by atoms with Gasteiger partial charge in [-0.25, -0.2) is 0 Å². The highest BCUT2D eigenvalue weighted by Crippen LogP contribution is 2.26. The molecule has 8 heteroatoms. The Balaban J connectivity index is 2.04. The van der Waals surface area contributed by atoms with Crippen molar-refractivity contribution in [3.05, 3.63) is 28.8 Å². The summed E-state index contributed by atoms with van der Waals surface area (Å²) in [5.41, 5.74) is 0.0333. The van der Waals surface area contributed by atoms with Gasteiger partial charge in [-0.1, -0.05) is 11.6 Å². The van der Waals surface area contributed by atoms with Gasteiger partial charge in [-0.2, -0.15) is 0 Å². The van der Waals surface area contributed by atoms with Gasteiger partial charge in [0.05, 0.1) is 17.2 Å². The lowest BCUT2D eigenvalue weighted by Crippen LogP contribution is -2.51. The van der Waals surface area contributed by atoms with Gasteiger partial charge in [0.2, 0.25) is 0 Å². The summed E-state index contributed by atoms with van der Waals surface area (Å²) in [6.07, 6.45) is 1.20. The van der Waals surface area contributed by atoms with Crippen LogP contribution in [0.5, 0.6) is 0 Å². The van der Waals surface area contributed by atoms with Crippen LogP contribution >= 0.6 is 11.6 Å². The van der Waals surface area contributed by atoms with E-state index in [1.54, 1.807) is 32.4 Å². The van der Waals surface area contributed by atoms with Gasteiger partial charge in [-0.15, -0.1) is 0 Å².